The molecule has 1 aliphatic rings. The van der Waals surface area contributed by atoms with Crippen molar-refractivity contribution >= 4 is 0 Å². The lowest BCUT2D eigenvalue weighted by Crippen LogP contribution is -2.38. The Bertz CT molecular complexity index is 150. The Labute approximate surface area is 80.4 Å². The van der Waals surface area contributed by atoms with E-state index in [2.05, 4.69) is 4.90 Å². The summed E-state index contributed by atoms with van der Waals surface area (Å²) < 4.78 is 0. The largest absolute Gasteiger partial charge is 0.393 e. The number of hydrogen-bond acceptors (Lipinski definition) is 3. The van der Waals surface area contributed by atoms with Crippen LogP contribution in [0.25, 0.3) is 0 Å². The Kier molecular flexibility index (Phi) is 4.16. The van der Waals surface area contributed by atoms with E-state index in [-0.39, 0.29) is 12.2 Å². The molecule has 3 atom stereocenters. The molecule has 3 heteroatoms. The maximum atomic E-state index is 9.62. The van der Waals surface area contributed by atoms with Gasteiger partial charge in [-0.15, -0.1) is 0 Å². The van der Waals surface area contributed by atoms with Crippen LogP contribution in [0.15, 0.2) is 0 Å². The SMILES string of the molecule is CC(O)CCN(C)[C@H]1CCC[C@@H]1O. The standard InChI is InChI=1S/C10H21NO2/c1-8(12)6-7-11(2)9-4-3-5-10(9)13/h8-10,12-13H,3-7H2,1-2H3/t8?,9-,10-/m0/s1. The fourth-order valence-corrected chi connectivity index (χ4v) is 1.99. The fraction of sp³-hybridized carbons (Fsp3) is 1.00. The first-order chi connectivity index (χ1) is 6.11. The number of nitrogens with zero attached hydrogens (tertiary/aromatic N) is 1. The van der Waals surface area contributed by atoms with Crippen LogP contribution in [-0.4, -0.2) is 47.0 Å². The van der Waals surface area contributed by atoms with Gasteiger partial charge >= 0.3 is 0 Å². The monoisotopic (exact) mass is 187 g/mol. The van der Waals surface area contributed by atoms with Gasteiger partial charge in [0.25, 0.3) is 0 Å². The van der Waals surface area contributed by atoms with Gasteiger partial charge in [-0.25, -0.2) is 0 Å². The molecule has 1 aliphatic carbocycles. The van der Waals surface area contributed by atoms with Crippen molar-refractivity contribution in [1.29, 1.82) is 0 Å². The van der Waals surface area contributed by atoms with Crippen LogP contribution in [0.1, 0.15) is 32.6 Å². The summed E-state index contributed by atoms with van der Waals surface area (Å²) in [6, 6.07) is 0.318. The lowest BCUT2D eigenvalue weighted by atomic mass is 10.1. The predicted octanol–water partition coefficient (Wildman–Crippen LogP) is 0.602. The normalized spacial score (nSPS) is 31.2. The van der Waals surface area contributed by atoms with Crippen LogP contribution in [0.5, 0.6) is 0 Å². The number of rotatable bonds is 4. The van der Waals surface area contributed by atoms with Gasteiger partial charge in [0.2, 0.25) is 0 Å². The van der Waals surface area contributed by atoms with Crippen molar-refractivity contribution in [3.8, 4) is 0 Å². The van der Waals surface area contributed by atoms with E-state index in [4.69, 9.17) is 5.11 Å². The highest BCUT2D eigenvalue weighted by molar-refractivity contribution is 4.83. The Morgan fingerprint density at radius 3 is 2.62 bits per heavy atom. The molecule has 3 nitrogen and oxygen atoms in total. The molecule has 0 bridgehead atoms. The predicted molar refractivity (Wildman–Crippen MR) is 52.6 cm³/mol. The van der Waals surface area contributed by atoms with Crippen LogP contribution in [0.3, 0.4) is 0 Å². The highest BCUT2D eigenvalue weighted by Crippen LogP contribution is 2.23. The summed E-state index contributed by atoms with van der Waals surface area (Å²) in [4.78, 5) is 2.17. The van der Waals surface area contributed by atoms with Crippen molar-refractivity contribution < 1.29 is 10.2 Å². The summed E-state index contributed by atoms with van der Waals surface area (Å²) in [6.45, 7) is 2.68. The second kappa shape index (κ2) is 4.94. The van der Waals surface area contributed by atoms with Gasteiger partial charge in [-0.05, 0) is 39.7 Å². The summed E-state index contributed by atoms with van der Waals surface area (Å²) in [6.07, 6.45) is 3.56. The zero-order valence-corrected chi connectivity index (χ0v) is 8.61. The first-order valence-corrected chi connectivity index (χ1v) is 5.17. The number of hydrogen-bond donors (Lipinski definition) is 2. The molecule has 1 fully saturated rings. The molecule has 0 aliphatic heterocycles. The van der Waals surface area contributed by atoms with Crippen molar-refractivity contribution in [3.05, 3.63) is 0 Å². The summed E-state index contributed by atoms with van der Waals surface area (Å²) in [5.41, 5.74) is 0. The fourth-order valence-electron chi connectivity index (χ4n) is 1.99. The van der Waals surface area contributed by atoms with Gasteiger partial charge in [0.15, 0.2) is 0 Å². The molecular formula is C10H21NO2. The molecule has 0 amide bonds. The molecule has 0 aromatic rings. The molecule has 1 rings (SSSR count). The Balaban J connectivity index is 2.25. The molecule has 0 aromatic carbocycles. The van der Waals surface area contributed by atoms with E-state index in [1.165, 1.54) is 0 Å². The molecular weight excluding hydrogens is 166 g/mol. The third-order valence-electron chi connectivity index (χ3n) is 2.91. The first-order valence-electron chi connectivity index (χ1n) is 5.17. The van der Waals surface area contributed by atoms with E-state index >= 15 is 0 Å². The average molecular weight is 187 g/mol. The van der Waals surface area contributed by atoms with Crippen molar-refractivity contribution in [3.63, 3.8) is 0 Å². The van der Waals surface area contributed by atoms with Crippen LogP contribution in [0, 0.1) is 0 Å². The molecule has 0 heterocycles. The molecule has 1 unspecified atom stereocenters. The second-order valence-electron chi connectivity index (χ2n) is 4.18. The quantitative estimate of drug-likeness (QED) is 0.677. The molecule has 0 spiro atoms. The van der Waals surface area contributed by atoms with E-state index in [9.17, 15) is 5.11 Å². The van der Waals surface area contributed by atoms with Crippen LogP contribution in [0.4, 0.5) is 0 Å². The highest BCUT2D eigenvalue weighted by Gasteiger charge is 2.28. The third kappa shape index (κ3) is 3.25. The van der Waals surface area contributed by atoms with Gasteiger partial charge in [0.1, 0.15) is 0 Å². The smallest absolute Gasteiger partial charge is 0.0695 e. The molecule has 0 aromatic heterocycles. The Morgan fingerprint density at radius 1 is 1.46 bits per heavy atom. The van der Waals surface area contributed by atoms with E-state index in [1.54, 1.807) is 6.92 Å². The zero-order valence-electron chi connectivity index (χ0n) is 8.61. The summed E-state index contributed by atoms with van der Waals surface area (Å²) in [7, 11) is 2.03. The maximum Gasteiger partial charge on any atom is 0.0695 e. The summed E-state index contributed by atoms with van der Waals surface area (Å²) in [5, 5.41) is 18.7. The van der Waals surface area contributed by atoms with E-state index in [0.29, 0.717) is 6.04 Å². The van der Waals surface area contributed by atoms with Crippen LogP contribution in [0.2, 0.25) is 0 Å². The lowest BCUT2D eigenvalue weighted by Gasteiger charge is -2.27. The average Bonchev–Trinajstić information content (AvgIpc) is 2.47. The van der Waals surface area contributed by atoms with Crippen molar-refractivity contribution in [2.24, 2.45) is 0 Å². The molecule has 13 heavy (non-hydrogen) atoms. The molecule has 78 valence electrons. The molecule has 0 saturated heterocycles. The Hall–Kier alpha value is -0.120. The van der Waals surface area contributed by atoms with Gasteiger partial charge < -0.3 is 15.1 Å². The van der Waals surface area contributed by atoms with Crippen LogP contribution >= 0.6 is 0 Å². The minimum absolute atomic E-state index is 0.154. The molecule has 2 N–H and O–H groups in total. The molecule has 0 radical (unpaired) electrons. The van der Waals surface area contributed by atoms with Gasteiger partial charge in [-0.3, -0.25) is 0 Å². The van der Waals surface area contributed by atoms with Gasteiger partial charge in [0, 0.05) is 12.6 Å². The second-order valence-corrected chi connectivity index (χ2v) is 4.18. The van der Waals surface area contributed by atoms with Crippen molar-refractivity contribution in [1.82, 2.24) is 4.90 Å². The van der Waals surface area contributed by atoms with E-state index < -0.39 is 0 Å². The van der Waals surface area contributed by atoms with Gasteiger partial charge in [0.05, 0.1) is 12.2 Å². The molecule has 1 saturated carbocycles. The first kappa shape index (κ1) is 11.0. The highest BCUT2D eigenvalue weighted by atomic mass is 16.3. The number of likely N-dealkylation sites (N-methyl/N-ethyl adjacent to an activating group) is 1. The van der Waals surface area contributed by atoms with E-state index in [0.717, 1.165) is 32.2 Å². The Morgan fingerprint density at radius 2 is 2.15 bits per heavy atom. The van der Waals surface area contributed by atoms with Crippen molar-refractivity contribution in [2.45, 2.75) is 50.9 Å². The summed E-state index contributed by atoms with van der Waals surface area (Å²) in [5.74, 6) is 0. The topological polar surface area (TPSA) is 43.7 Å². The van der Waals surface area contributed by atoms with Crippen LogP contribution < -0.4 is 0 Å². The zero-order chi connectivity index (χ0) is 9.84. The van der Waals surface area contributed by atoms with E-state index in [1.807, 2.05) is 7.05 Å². The third-order valence-corrected chi connectivity index (χ3v) is 2.91. The number of aliphatic hydroxyl groups excluding tert-OH is 2. The van der Waals surface area contributed by atoms with Gasteiger partial charge in [-0.1, -0.05) is 0 Å². The lowest BCUT2D eigenvalue weighted by molar-refractivity contribution is 0.0751. The maximum absolute atomic E-state index is 9.62. The van der Waals surface area contributed by atoms with Gasteiger partial charge in [-0.2, -0.15) is 0 Å². The minimum atomic E-state index is -0.235. The number of aliphatic hydroxyl groups is 2. The summed E-state index contributed by atoms with van der Waals surface area (Å²) >= 11 is 0. The minimum Gasteiger partial charge on any atom is -0.393 e. The van der Waals surface area contributed by atoms with Crippen LogP contribution in [-0.2, 0) is 0 Å². The van der Waals surface area contributed by atoms with Crippen molar-refractivity contribution in [2.75, 3.05) is 13.6 Å².